The van der Waals surface area contributed by atoms with Crippen molar-refractivity contribution in [1.29, 1.82) is 0 Å². The van der Waals surface area contributed by atoms with E-state index in [1.807, 2.05) is 0 Å². The number of amides is 1. The SMILES string of the molecule is O=C1COc2ccc(C(=O)COc3cc(Cl)cc(Cl)c3)cc2N1. The van der Waals surface area contributed by atoms with Crippen LogP contribution in [0.3, 0.4) is 0 Å². The lowest BCUT2D eigenvalue weighted by molar-refractivity contribution is -0.118. The van der Waals surface area contributed by atoms with Crippen LogP contribution in [0.1, 0.15) is 10.4 Å². The minimum absolute atomic E-state index is 0.0288. The summed E-state index contributed by atoms with van der Waals surface area (Å²) < 4.78 is 10.7. The van der Waals surface area contributed by atoms with Crippen LogP contribution in [0, 0.1) is 0 Å². The van der Waals surface area contributed by atoms with Gasteiger partial charge in [-0.15, -0.1) is 0 Å². The lowest BCUT2D eigenvalue weighted by Crippen LogP contribution is -2.25. The summed E-state index contributed by atoms with van der Waals surface area (Å²) in [6, 6.07) is 9.53. The normalized spacial score (nSPS) is 12.9. The number of hydrogen-bond donors (Lipinski definition) is 1. The van der Waals surface area contributed by atoms with Gasteiger partial charge in [-0.3, -0.25) is 9.59 Å². The maximum atomic E-state index is 12.2. The summed E-state index contributed by atoms with van der Waals surface area (Å²) in [5.41, 5.74) is 0.876. The minimum atomic E-state index is -0.257. The van der Waals surface area contributed by atoms with E-state index >= 15 is 0 Å². The summed E-state index contributed by atoms with van der Waals surface area (Å²) in [6.07, 6.45) is 0. The molecule has 7 heteroatoms. The number of hydrogen-bond acceptors (Lipinski definition) is 4. The quantitative estimate of drug-likeness (QED) is 0.855. The van der Waals surface area contributed by atoms with E-state index in [2.05, 4.69) is 5.32 Å². The average Bonchev–Trinajstić information content (AvgIpc) is 2.51. The molecule has 0 saturated heterocycles. The number of benzene rings is 2. The summed E-state index contributed by atoms with van der Waals surface area (Å²) in [5.74, 6) is 0.435. The Hall–Kier alpha value is -2.24. The van der Waals surface area contributed by atoms with Gasteiger partial charge in [0.15, 0.2) is 19.0 Å². The summed E-state index contributed by atoms with van der Waals surface area (Å²) in [6.45, 7) is -0.205. The fourth-order valence-electron chi connectivity index (χ4n) is 2.10. The van der Waals surface area contributed by atoms with Gasteiger partial charge in [-0.1, -0.05) is 23.2 Å². The monoisotopic (exact) mass is 351 g/mol. The average molecular weight is 352 g/mol. The van der Waals surface area contributed by atoms with Gasteiger partial charge in [0, 0.05) is 15.6 Å². The Morgan fingerprint density at radius 3 is 2.65 bits per heavy atom. The molecule has 0 aromatic heterocycles. The third kappa shape index (κ3) is 3.75. The van der Waals surface area contributed by atoms with Crippen LogP contribution in [-0.2, 0) is 4.79 Å². The lowest BCUT2D eigenvalue weighted by atomic mass is 10.1. The van der Waals surface area contributed by atoms with Gasteiger partial charge < -0.3 is 14.8 Å². The van der Waals surface area contributed by atoms with Crippen molar-refractivity contribution in [2.45, 2.75) is 0 Å². The highest BCUT2D eigenvalue weighted by molar-refractivity contribution is 6.34. The zero-order valence-electron chi connectivity index (χ0n) is 11.8. The molecular formula is C16H11Cl2NO4. The number of rotatable bonds is 4. The third-order valence-electron chi connectivity index (χ3n) is 3.14. The Morgan fingerprint density at radius 1 is 1.17 bits per heavy atom. The first-order valence-electron chi connectivity index (χ1n) is 6.70. The summed E-state index contributed by atoms with van der Waals surface area (Å²) in [4.78, 5) is 23.5. The van der Waals surface area contributed by atoms with Crippen molar-refractivity contribution >= 4 is 40.6 Å². The fraction of sp³-hybridized carbons (Fsp3) is 0.125. The molecule has 0 spiro atoms. The molecule has 118 valence electrons. The molecule has 2 aromatic rings. The molecule has 0 atom stereocenters. The fourth-order valence-corrected chi connectivity index (χ4v) is 2.61. The molecule has 1 amide bonds. The van der Waals surface area contributed by atoms with E-state index in [-0.39, 0.29) is 24.9 Å². The highest BCUT2D eigenvalue weighted by Crippen LogP contribution is 2.29. The Kier molecular flexibility index (Phi) is 4.41. The Labute approximate surface area is 142 Å². The number of Topliss-reactive ketones (excluding diaryl/α,β-unsaturated/α-hetero) is 1. The second-order valence-corrected chi connectivity index (χ2v) is 5.74. The second kappa shape index (κ2) is 6.48. The van der Waals surface area contributed by atoms with Gasteiger partial charge in [0.1, 0.15) is 11.5 Å². The highest BCUT2D eigenvalue weighted by atomic mass is 35.5. The highest BCUT2D eigenvalue weighted by Gasteiger charge is 2.18. The van der Waals surface area contributed by atoms with Gasteiger partial charge in [0.25, 0.3) is 5.91 Å². The maximum absolute atomic E-state index is 12.2. The molecule has 0 bridgehead atoms. The molecule has 23 heavy (non-hydrogen) atoms. The topological polar surface area (TPSA) is 64.6 Å². The van der Waals surface area contributed by atoms with E-state index in [0.29, 0.717) is 32.8 Å². The first-order chi connectivity index (χ1) is 11.0. The Bertz CT molecular complexity index is 771. The van der Waals surface area contributed by atoms with E-state index in [1.165, 1.54) is 0 Å². The smallest absolute Gasteiger partial charge is 0.262 e. The first kappa shape index (κ1) is 15.6. The molecule has 2 aromatic carbocycles. The van der Waals surface area contributed by atoms with Crippen LogP contribution in [-0.4, -0.2) is 24.9 Å². The first-order valence-corrected chi connectivity index (χ1v) is 7.45. The molecule has 3 rings (SSSR count). The minimum Gasteiger partial charge on any atom is -0.485 e. The second-order valence-electron chi connectivity index (χ2n) is 4.86. The number of anilines is 1. The predicted octanol–water partition coefficient (Wildman–Crippen LogP) is 3.59. The molecule has 0 saturated carbocycles. The van der Waals surface area contributed by atoms with Gasteiger partial charge in [0.05, 0.1) is 5.69 Å². The largest absolute Gasteiger partial charge is 0.485 e. The molecule has 1 aliphatic heterocycles. The van der Waals surface area contributed by atoms with Gasteiger partial charge >= 0.3 is 0 Å². The van der Waals surface area contributed by atoms with Crippen molar-refractivity contribution in [3.05, 3.63) is 52.0 Å². The van der Waals surface area contributed by atoms with Crippen molar-refractivity contribution in [2.24, 2.45) is 0 Å². The van der Waals surface area contributed by atoms with E-state index in [1.54, 1.807) is 36.4 Å². The number of ketones is 1. The molecule has 0 unspecified atom stereocenters. The predicted molar refractivity (Wildman–Crippen MR) is 86.9 cm³/mol. The molecule has 1 N–H and O–H groups in total. The maximum Gasteiger partial charge on any atom is 0.262 e. The van der Waals surface area contributed by atoms with Crippen LogP contribution in [0.25, 0.3) is 0 Å². The number of fused-ring (bicyclic) bond motifs is 1. The summed E-state index contributed by atoms with van der Waals surface area (Å²) in [7, 11) is 0. The molecule has 1 aliphatic rings. The Balaban J connectivity index is 1.71. The van der Waals surface area contributed by atoms with Gasteiger partial charge in [-0.05, 0) is 36.4 Å². The number of halogens is 2. The van der Waals surface area contributed by atoms with Crippen molar-refractivity contribution in [3.63, 3.8) is 0 Å². The van der Waals surface area contributed by atoms with Crippen LogP contribution < -0.4 is 14.8 Å². The standard InChI is InChI=1S/C16H11Cl2NO4/c17-10-4-11(18)6-12(5-10)22-7-14(20)9-1-2-15-13(3-9)19-16(21)8-23-15/h1-6H,7-8H2,(H,19,21). The van der Waals surface area contributed by atoms with Crippen molar-refractivity contribution in [1.82, 2.24) is 0 Å². The summed E-state index contributed by atoms with van der Waals surface area (Å²) >= 11 is 11.7. The van der Waals surface area contributed by atoms with Crippen LogP contribution >= 0.6 is 23.2 Å². The zero-order chi connectivity index (χ0) is 16.4. The molecule has 1 heterocycles. The van der Waals surface area contributed by atoms with Crippen LogP contribution in [0.15, 0.2) is 36.4 Å². The van der Waals surface area contributed by atoms with Crippen molar-refractivity contribution in [2.75, 3.05) is 18.5 Å². The van der Waals surface area contributed by atoms with Gasteiger partial charge in [-0.2, -0.15) is 0 Å². The summed E-state index contributed by atoms with van der Waals surface area (Å²) in [5, 5.41) is 3.50. The molecule has 0 aliphatic carbocycles. The molecule has 5 nitrogen and oxygen atoms in total. The van der Waals surface area contributed by atoms with E-state index in [9.17, 15) is 9.59 Å². The molecule has 0 fully saturated rings. The van der Waals surface area contributed by atoms with E-state index < -0.39 is 0 Å². The van der Waals surface area contributed by atoms with E-state index in [4.69, 9.17) is 32.7 Å². The number of nitrogens with one attached hydrogen (secondary N) is 1. The lowest BCUT2D eigenvalue weighted by Gasteiger charge is -2.18. The van der Waals surface area contributed by atoms with Crippen LogP contribution in [0.4, 0.5) is 5.69 Å². The third-order valence-corrected chi connectivity index (χ3v) is 3.58. The number of carbonyl (C=O) groups is 2. The number of carbonyl (C=O) groups excluding carboxylic acids is 2. The molecule has 0 radical (unpaired) electrons. The van der Waals surface area contributed by atoms with Gasteiger partial charge in [-0.25, -0.2) is 0 Å². The van der Waals surface area contributed by atoms with Crippen molar-refractivity contribution in [3.8, 4) is 11.5 Å². The van der Waals surface area contributed by atoms with E-state index in [0.717, 1.165) is 0 Å². The van der Waals surface area contributed by atoms with Crippen molar-refractivity contribution < 1.29 is 19.1 Å². The number of ether oxygens (including phenoxy) is 2. The van der Waals surface area contributed by atoms with Crippen LogP contribution in [0.5, 0.6) is 11.5 Å². The van der Waals surface area contributed by atoms with Crippen LogP contribution in [0.2, 0.25) is 10.0 Å². The zero-order valence-corrected chi connectivity index (χ0v) is 13.3. The molecular weight excluding hydrogens is 341 g/mol. The van der Waals surface area contributed by atoms with Gasteiger partial charge in [0.2, 0.25) is 0 Å². The Morgan fingerprint density at radius 2 is 1.91 bits per heavy atom.